The predicted molar refractivity (Wildman–Crippen MR) is 130 cm³/mol. The van der Waals surface area contributed by atoms with Crippen molar-refractivity contribution in [3.63, 3.8) is 0 Å². The number of anilines is 1. The first-order chi connectivity index (χ1) is 16.2. The van der Waals surface area contributed by atoms with Crippen LogP contribution in [0.5, 0.6) is 0 Å². The van der Waals surface area contributed by atoms with Gasteiger partial charge in [0.1, 0.15) is 0 Å². The van der Waals surface area contributed by atoms with Gasteiger partial charge in [0, 0.05) is 13.1 Å². The van der Waals surface area contributed by atoms with Gasteiger partial charge >= 0.3 is 0 Å². The van der Waals surface area contributed by atoms with Crippen molar-refractivity contribution in [2.75, 3.05) is 37.0 Å². The Morgan fingerprint density at radius 3 is 2.76 bits per heavy atom. The fraction of sp³-hybridized carbons (Fsp3) is 0.400. The molecule has 1 fully saturated rings. The van der Waals surface area contributed by atoms with E-state index in [2.05, 4.69) is 68.3 Å². The molecule has 1 aliphatic carbocycles. The molecule has 8 heteroatoms. The van der Waals surface area contributed by atoms with E-state index in [9.17, 15) is 4.79 Å². The van der Waals surface area contributed by atoms with Crippen molar-refractivity contribution in [1.29, 1.82) is 0 Å². The van der Waals surface area contributed by atoms with Crippen LogP contribution in [0.4, 0.5) is 5.95 Å². The first-order valence-corrected chi connectivity index (χ1v) is 12.5. The van der Waals surface area contributed by atoms with E-state index in [1.165, 1.54) is 22.9 Å². The van der Waals surface area contributed by atoms with Crippen molar-refractivity contribution in [3.05, 3.63) is 65.2 Å². The van der Waals surface area contributed by atoms with Gasteiger partial charge in [0.2, 0.25) is 11.9 Å². The van der Waals surface area contributed by atoms with Crippen LogP contribution in [0, 0.1) is 6.92 Å². The quantitative estimate of drug-likeness (QED) is 0.562. The van der Waals surface area contributed by atoms with Gasteiger partial charge in [-0.3, -0.25) is 9.36 Å². The lowest BCUT2D eigenvalue weighted by molar-refractivity contribution is -0.119. The Morgan fingerprint density at radius 1 is 1.12 bits per heavy atom. The lowest BCUT2D eigenvalue weighted by Gasteiger charge is -2.28. The van der Waals surface area contributed by atoms with Gasteiger partial charge in [-0.1, -0.05) is 54.2 Å². The summed E-state index contributed by atoms with van der Waals surface area (Å²) < 4.78 is 7.59. The van der Waals surface area contributed by atoms with Crippen LogP contribution in [0.1, 0.15) is 35.6 Å². The molecular formula is C25H29N5O2S. The van der Waals surface area contributed by atoms with Gasteiger partial charge in [-0.15, -0.1) is 10.2 Å². The number of nitrogens with one attached hydrogen (secondary N) is 1. The average molecular weight is 464 g/mol. The van der Waals surface area contributed by atoms with Crippen LogP contribution in [0.15, 0.2) is 53.7 Å². The standard InChI is InChI=1S/C25H29N5O2S/c1-18-7-2-5-12-22(18)30-24(29-13-15-32-16-14-29)27-28-25(30)33-17-23(31)26-21-11-6-9-19-8-3-4-10-20(19)21/h2-5,7-8,10,12,21H,6,9,11,13-17H2,1H3,(H,26,31)/t21-/m1/s1. The molecule has 1 N–H and O–H groups in total. The van der Waals surface area contributed by atoms with Crippen molar-refractivity contribution in [3.8, 4) is 5.69 Å². The van der Waals surface area contributed by atoms with Crippen molar-refractivity contribution < 1.29 is 9.53 Å². The number of morpholine rings is 1. The largest absolute Gasteiger partial charge is 0.378 e. The number of hydrogen-bond donors (Lipinski definition) is 1. The molecule has 1 amide bonds. The highest BCUT2D eigenvalue weighted by Crippen LogP contribution is 2.31. The number of carbonyl (C=O) groups is 1. The summed E-state index contributed by atoms with van der Waals surface area (Å²) in [5, 5.41) is 13.0. The number of carbonyl (C=O) groups excluding carboxylic acids is 1. The van der Waals surface area contributed by atoms with Crippen LogP contribution in [0.2, 0.25) is 0 Å². The molecule has 2 aromatic carbocycles. The molecule has 33 heavy (non-hydrogen) atoms. The van der Waals surface area contributed by atoms with Gasteiger partial charge in [0.15, 0.2) is 5.16 Å². The number of ether oxygens (including phenoxy) is 1. The van der Waals surface area contributed by atoms with E-state index < -0.39 is 0 Å². The highest BCUT2D eigenvalue weighted by molar-refractivity contribution is 7.99. The average Bonchev–Trinajstić information content (AvgIpc) is 3.27. The van der Waals surface area contributed by atoms with E-state index >= 15 is 0 Å². The third-order valence-corrected chi connectivity index (χ3v) is 7.23. The van der Waals surface area contributed by atoms with Crippen LogP contribution in [-0.4, -0.2) is 52.7 Å². The van der Waals surface area contributed by atoms with E-state index in [-0.39, 0.29) is 11.9 Å². The zero-order valence-electron chi connectivity index (χ0n) is 18.9. The van der Waals surface area contributed by atoms with Crippen LogP contribution >= 0.6 is 11.8 Å². The van der Waals surface area contributed by atoms with Crippen LogP contribution < -0.4 is 10.2 Å². The SMILES string of the molecule is Cc1ccccc1-n1c(SCC(=O)N[C@@H]2CCCc3ccccc32)nnc1N1CCOCC1. The summed E-state index contributed by atoms with van der Waals surface area (Å²) in [6, 6.07) is 16.7. The van der Waals surface area contributed by atoms with E-state index in [1.54, 1.807) is 0 Å². The molecule has 0 saturated carbocycles. The van der Waals surface area contributed by atoms with Gasteiger partial charge in [-0.25, -0.2) is 0 Å². The number of thioether (sulfide) groups is 1. The lowest BCUT2D eigenvalue weighted by atomic mass is 9.88. The van der Waals surface area contributed by atoms with Crippen LogP contribution in [-0.2, 0) is 16.0 Å². The second-order valence-corrected chi connectivity index (χ2v) is 9.45. The summed E-state index contributed by atoms with van der Waals surface area (Å²) in [6.45, 7) is 4.98. The lowest BCUT2D eigenvalue weighted by Crippen LogP contribution is -2.38. The van der Waals surface area contributed by atoms with E-state index in [0.29, 0.717) is 19.0 Å². The Balaban J connectivity index is 1.34. The molecule has 7 nitrogen and oxygen atoms in total. The molecule has 0 unspecified atom stereocenters. The molecule has 0 radical (unpaired) electrons. The number of benzene rings is 2. The van der Waals surface area contributed by atoms with E-state index in [4.69, 9.17) is 4.74 Å². The predicted octanol–water partition coefficient (Wildman–Crippen LogP) is 3.70. The Bertz CT molecular complexity index is 1130. The normalized spacial score (nSPS) is 18.1. The zero-order chi connectivity index (χ0) is 22.6. The molecule has 1 aromatic heterocycles. The molecule has 2 aliphatic rings. The van der Waals surface area contributed by atoms with Crippen molar-refractivity contribution in [2.45, 2.75) is 37.4 Å². The monoisotopic (exact) mass is 463 g/mol. The summed E-state index contributed by atoms with van der Waals surface area (Å²) in [5.74, 6) is 1.12. The number of rotatable bonds is 6. The Morgan fingerprint density at radius 2 is 1.91 bits per heavy atom. The topological polar surface area (TPSA) is 72.3 Å². The maximum Gasteiger partial charge on any atom is 0.232 e. The van der Waals surface area contributed by atoms with Gasteiger partial charge in [0.25, 0.3) is 0 Å². The molecule has 1 aliphatic heterocycles. The van der Waals surface area contributed by atoms with Gasteiger partial charge < -0.3 is 15.0 Å². The van der Waals surface area contributed by atoms with Crippen molar-refractivity contribution >= 4 is 23.6 Å². The fourth-order valence-electron chi connectivity index (χ4n) is 4.62. The number of aromatic nitrogens is 3. The third kappa shape index (κ3) is 4.77. The minimum absolute atomic E-state index is 0.0222. The number of fused-ring (bicyclic) bond motifs is 1. The summed E-state index contributed by atoms with van der Waals surface area (Å²) in [4.78, 5) is 15.1. The first-order valence-electron chi connectivity index (χ1n) is 11.5. The molecular weight excluding hydrogens is 434 g/mol. The van der Waals surface area contributed by atoms with Crippen LogP contribution in [0.3, 0.4) is 0 Å². The zero-order valence-corrected chi connectivity index (χ0v) is 19.7. The minimum atomic E-state index is 0.0222. The molecule has 0 spiro atoms. The fourth-order valence-corrected chi connectivity index (χ4v) is 5.37. The number of para-hydroxylation sites is 1. The minimum Gasteiger partial charge on any atom is -0.378 e. The molecule has 2 heterocycles. The maximum absolute atomic E-state index is 12.9. The van der Waals surface area contributed by atoms with Gasteiger partial charge in [-0.05, 0) is 48.9 Å². The Labute approximate surface area is 198 Å². The summed E-state index contributed by atoms with van der Waals surface area (Å²) in [5.41, 5.74) is 4.76. The Kier molecular flexibility index (Phi) is 6.64. The second kappa shape index (κ2) is 9.97. The summed E-state index contributed by atoms with van der Waals surface area (Å²) >= 11 is 1.43. The maximum atomic E-state index is 12.9. The molecule has 172 valence electrons. The second-order valence-electron chi connectivity index (χ2n) is 8.50. The van der Waals surface area contributed by atoms with Crippen LogP contribution in [0.25, 0.3) is 5.69 Å². The van der Waals surface area contributed by atoms with E-state index in [1.807, 2.05) is 12.1 Å². The van der Waals surface area contributed by atoms with Gasteiger partial charge in [-0.2, -0.15) is 0 Å². The molecule has 1 saturated heterocycles. The number of aryl methyl sites for hydroxylation is 2. The van der Waals surface area contributed by atoms with Gasteiger partial charge in [0.05, 0.1) is 30.7 Å². The van der Waals surface area contributed by atoms with Crippen molar-refractivity contribution in [1.82, 2.24) is 20.1 Å². The number of nitrogens with zero attached hydrogens (tertiary/aromatic N) is 4. The van der Waals surface area contributed by atoms with E-state index in [0.717, 1.165) is 54.7 Å². The Hall–Kier alpha value is -2.84. The highest BCUT2D eigenvalue weighted by Gasteiger charge is 2.24. The molecule has 3 aromatic rings. The summed E-state index contributed by atoms with van der Waals surface area (Å²) in [7, 11) is 0. The molecule has 1 atom stereocenters. The summed E-state index contributed by atoms with van der Waals surface area (Å²) in [6.07, 6.45) is 3.16. The number of amides is 1. The molecule has 5 rings (SSSR count). The smallest absolute Gasteiger partial charge is 0.232 e. The highest BCUT2D eigenvalue weighted by atomic mass is 32.2. The molecule has 0 bridgehead atoms. The first kappa shape index (κ1) is 22.0. The third-order valence-electron chi connectivity index (χ3n) is 6.30. The number of hydrogen-bond acceptors (Lipinski definition) is 6. The van der Waals surface area contributed by atoms with Crippen molar-refractivity contribution in [2.24, 2.45) is 0 Å².